The third-order valence-electron chi connectivity index (χ3n) is 7.05. The van der Waals surface area contributed by atoms with Crippen LogP contribution in [0.15, 0.2) is 44.9 Å². The smallest absolute Gasteiger partial charge is 0.291 e. The molecule has 0 saturated carbocycles. The number of piperazine rings is 1. The molecule has 1 fully saturated rings. The van der Waals surface area contributed by atoms with Crippen molar-refractivity contribution in [3.05, 3.63) is 52.0 Å². The normalized spacial score (nSPS) is 17.4. The summed E-state index contributed by atoms with van der Waals surface area (Å²) in [6, 6.07) is 6.70. The zero-order chi connectivity index (χ0) is 28.3. The summed E-state index contributed by atoms with van der Waals surface area (Å²) in [6.07, 6.45) is 1.65. The van der Waals surface area contributed by atoms with Gasteiger partial charge in [-0.1, -0.05) is 20.8 Å². The van der Waals surface area contributed by atoms with E-state index in [1.807, 2.05) is 26.8 Å². The van der Waals surface area contributed by atoms with Crippen LogP contribution >= 0.6 is 15.9 Å². The highest BCUT2D eigenvalue weighted by molar-refractivity contribution is 9.10. The summed E-state index contributed by atoms with van der Waals surface area (Å²) < 4.78 is 15.9. The first-order valence-corrected chi connectivity index (χ1v) is 13.6. The van der Waals surface area contributed by atoms with E-state index in [-0.39, 0.29) is 34.6 Å². The van der Waals surface area contributed by atoms with Crippen molar-refractivity contribution in [3.8, 4) is 11.3 Å². The van der Waals surface area contributed by atoms with E-state index in [1.165, 1.54) is 6.07 Å². The molecular weight excluding hydrogens is 565 g/mol. The van der Waals surface area contributed by atoms with Crippen LogP contribution in [0.25, 0.3) is 16.9 Å². The van der Waals surface area contributed by atoms with Crippen molar-refractivity contribution in [1.29, 1.82) is 0 Å². The van der Waals surface area contributed by atoms with Gasteiger partial charge in [0.05, 0.1) is 28.4 Å². The van der Waals surface area contributed by atoms with Gasteiger partial charge in [0.2, 0.25) is 5.84 Å². The molecule has 0 atom stereocenters. The molecule has 9 nitrogen and oxygen atoms in total. The lowest BCUT2D eigenvalue weighted by atomic mass is 9.87. The lowest BCUT2D eigenvalue weighted by Crippen LogP contribution is -2.62. The van der Waals surface area contributed by atoms with Gasteiger partial charge in [-0.25, -0.2) is 18.9 Å². The molecule has 5 rings (SSSR count). The Morgan fingerprint density at radius 1 is 1.10 bits per heavy atom. The van der Waals surface area contributed by atoms with Gasteiger partial charge in [-0.3, -0.25) is 14.6 Å². The Balaban J connectivity index is 1.46. The minimum absolute atomic E-state index is 0.210. The van der Waals surface area contributed by atoms with Crippen molar-refractivity contribution in [2.45, 2.75) is 52.5 Å². The van der Waals surface area contributed by atoms with Gasteiger partial charge in [-0.15, -0.1) is 0 Å². The first-order valence-electron chi connectivity index (χ1n) is 12.8. The average Bonchev–Trinajstić information content (AvgIpc) is 3.49. The standard InChI is InChI=1S/C28H31BrFN7O2/c1-16-13-31-23(32-16)26(39)35-9-10-36(28(5,6)15-35)25(38)22-14-37-24(33-22)18(27(2,3)4)12-21(34-37)17-7-8-20(30)19(29)11-17/h7-8,11-12,14H,9-10,13,15H2,1-6H3. The van der Waals surface area contributed by atoms with E-state index in [0.29, 0.717) is 42.0 Å². The molecule has 4 heterocycles. The molecule has 3 aromatic rings. The third kappa shape index (κ3) is 5.11. The zero-order valence-corrected chi connectivity index (χ0v) is 24.5. The summed E-state index contributed by atoms with van der Waals surface area (Å²) in [5, 5.41) is 4.72. The number of amidine groups is 1. The Bertz CT molecular complexity index is 1570. The highest BCUT2D eigenvalue weighted by Crippen LogP contribution is 2.32. The minimum atomic E-state index is -0.634. The van der Waals surface area contributed by atoms with E-state index in [2.05, 4.69) is 46.7 Å². The summed E-state index contributed by atoms with van der Waals surface area (Å²) in [5.41, 5.74) is 3.05. The Morgan fingerprint density at radius 2 is 1.85 bits per heavy atom. The molecule has 2 amide bonds. The molecule has 0 bridgehead atoms. The van der Waals surface area contributed by atoms with Crippen LogP contribution in [-0.4, -0.2) is 79.5 Å². The fraction of sp³-hybridized carbons (Fsp3) is 0.429. The van der Waals surface area contributed by atoms with Gasteiger partial charge >= 0.3 is 0 Å². The summed E-state index contributed by atoms with van der Waals surface area (Å²) >= 11 is 3.25. The Labute approximate surface area is 235 Å². The van der Waals surface area contributed by atoms with E-state index in [9.17, 15) is 14.0 Å². The SMILES string of the molecule is CC1=NC(C(=O)N2CCN(C(=O)c3cn4nc(-c5ccc(F)c(Br)c5)cc(C(C)(C)C)c4n3)C(C)(C)C2)=NC1. The highest BCUT2D eigenvalue weighted by Gasteiger charge is 2.40. The summed E-state index contributed by atoms with van der Waals surface area (Å²) in [7, 11) is 0. The maximum Gasteiger partial charge on any atom is 0.291 e. The van der Waals surface area contributed by atoms with Gasteiger partial charge in [0.1, 0.15) is 11.5 Å². The van der Waals surface area contributed by atoms with E-state index in [1.54, 1.807) is 32.6 Å². The second kappa shape index (κ2) is 9.62. The van der Waals surface area contributed by atoms with Gasteiger partial charge in [-0.2, -0.15) is 5.10 Å². The van der Waals surface area contributed by atoms with Crippen molar-refractivity contribution in [3.63, 3.8) is 0 Å². The Kier molecular flexibility index (Phi) is 6.69. The quantitative estimate of drug-likeness (QED) is 0.444. The van der Waals surface area contributed by atoms with E-state index >= 15 is 0 Å². The summed E-state index contributed by atoms with van der Waals surface area (Å²) in [5.74, 6) is -0.558. The van der Waals surface area contributed by atoms with E-state index < -0.39 is 5.54 Å². The predicted octanol–water partition coefficient (Wildman–Crippen LogP) is 4.53. The summed E-state index contributed by atoms with van der Waals surface area (Å²) in [6.45, 7) is 13.5. The van der Waals surface area contributed by atoms with E-state index in [0.717, 1.165) is 16.8 Å². The first-order chi connectivity index (χ1) is 18.2. The maximum absolute atomic E-state index is 13.9. The van der Waals surface area contributed by atoms with Crippen molar-refractivity contribution in [1.82, 2.24) is 24.4 Å². The number of rotatable bonds is 3. The average molecular weight is 597 g/mol. The molecule has 0 N–H and O–H groups in total. The number of nitrogens with zero attached hydrogens (tertiary/aromatic N) is 7. The number of aromatic nitrogens is 3. The molecule has 0 aliphatic carbocycles. The van der Waals surface area contributed by atoms with Crippen LogP contribution in [-0.2, 0) is 10.2 Å². The number of aliphatic imine (C=N–C) groups is 2. The number of benzene rings is 1. The fourth-order valence-electron chi connectivity index (χ4n) is 4.97. The predicted molar refractivity (Wildman–Crippen MR) is 152 cm³/mol. The number of amides is 2. The number of carbonyl (C=O) groups is 2. The first kappa shape index (κ1) is 27.1. The molecule has 204 valence electrons. The number of fused-ring (bicyclic) bond motifs is 1. The molecule has 0 radical (unpaired) electrons. The molecule has 2 aliphatic rings. The highest BCUT2D eigenvalue weighted by atomic mass is 79.9. The van der Waals surface area contributed by atoms with Crippen LogP contribution in [0.4, 0.5) is 4.39 Å². The zero-order valence-electron chi connectivity index (χ0n) is 22.9. The lowest BCUT2D eigenvalue weighted by Gasteiger charge is -2.46. The van der Waals surface area contributed by atoms with Crippen molar-refractivity contribution in [2.24, 2.45) is 9.98 Å². The van der Waals surface area contributed by atoms with Crippen LogP contribution < -0.4 is 0 Å². The minimum Gasteiger partial charge on any atom is -0.332 e. The third-order valence-corrected chi connectivity index (χ3v) is 7.66. The van der Waals surface area contributed by atoms with Crippen molar-refractivity contribution < 1.29 is 14.0 Å². The Morgan fingerprint density at radius 3 is 2.46 bits per heavy atom. The number of imidazole rings is 1. The van der Waals surface area contributed by atoms with Crippen LogP contribution in [0.1, 0.15) is 57.6 Å². The van der Waals surface area contributed by atoms with Gasteiger partial charge in [-0.05, 0) is 66.4 Å². The largest absolute Gasteiger partial charge is 0.332 e. The van der Waals surface area contributed by atoms with Crippen LogP contribution in [0, 0.1) is 5.82 Å². The monoisotopic (exact) mass is 595 g/mol. The molecule has 2 aliphatic heterocycles. The van der Waals surface area contributed by atoms with Crippen LogP contribution in [0.5, 0.6) is 0 Å². The molecule has 0 unspecified atom stereocenters. The molecular formula is C28H31BrFN7O2. The molecule has 39 heavy (non-hydrogen) atoms. The molecule has 1 saturated heterocycles. The second-order valence-corrected chi connectivity index (χ2v) is 12.6. The van der Waals surface area contributed by atoms with E-state index in [4.69, 9.17) is 10.1 Å². The number of carbonyl (C=O) groups excluding carboxylic acids is 2. The molecule has 11 heteroatoms. The van der Waals surface area contributed by atoms with Gasteiger partial charge in [0.15, 0.2) is 5.65 Å². The van der Waals surface area contributed by atoms with Crippen molar-refractivity contribution in [2.75, 3.05) is 26.2 Å². The second-order valence-electron chi connectivity index (χ2n) is 11.7. The van der Waals surface area contributed by atoms with Crippen LogP contribution in [0.2, 0.25) is 0 Å². The van der Waals surface area contributed by atoms with Gasteiger partial charge in [0.25, 0.3) is 11.8 Å². The molecule has 1 aromatic carbocycles. The number of halogens is 2. The summed E-state index contributed by atoms with van der Waals surface area (Å²) in [4.78, 5) is 43.4. The van der Waals surface area contributed by atoms with Gasteiger partial charge < -0.3 is 9.80 Å². The number of hydrogen-bond donors (Lipinski definition) is 0. The van der Waals surface area contributed by atoms with Gasteiger partial charge in [0, 0.05) is 36.5 Å². The topological polar surface area (TPSA) is 95.5 Å². The maximum atomic E-state index is 13.9. The van der Waals surface area contributed by atoms with Crippen molar-refractivity contribution >= 4 is 44.9 Å². The number of hydrogen-bond acceptors (Lipinski definition) is 6. The fourth-order valence-corrected chi connectivity index (χ4v) is 5.35. The Hall–Kier alpha value is -3.47. The molecule has 2 aromatic heterocycles. The van der Waals surface area contributed by atoms with Crippen LogP contribution in [0.3, 0.4) is 0 Å². The molecule has 0 spiro atoms. The lowest BCUT2D eigenvalue weighted by molar-refractivity contribution is -0.128.